The Morgan fingerprint density at radius 3 is 2.87 bits per heavy atom. The SMILES string of the molecule is NC(CC(F)F)C(=O)Nc1cccnc1. The maximum atomic E-state index is 11.9. The molecule has 6 heteroatoms. The first-order valence-corrected chi connectivity index (χ1v) is 4.34. The largest absolute Gasteiger partial charge is 0.323 e. The fraction of sp³-hybridized carbons (Fsp3) is 0.333. The minimum atomic E-state index is -2.58. The maximum Gasteiger partial charge on any atom is 0.241 e. The van der Waals surface area contributed by atoms with Crippen LogP contribution in [0, 0.1) is 0 Å². The fourth-order valence-corrected chi connectivity index (χ4v) is 0.971. The van der Waals surface area contributed by atoms with Gasteiger partial charge in [0.25, 0.3) is 0 Å². The first kappa shape index (κ1) is 11.5. The third kappa shape index (κ3) is 3.99. The van der Waals surface area contributed by atoms with Gasteiger partial charge in [0.1, 0.15) is 0 Å². The number of nitrogens with one attached hydrogen (secondary N) is 1. The van der Waals surface area contributed by atoms with Gasteiger partial charge >= 0.3 is 0 Å². The molecule has 0 fully saturated rings. The molecule has 15 heavy (non-hydrogen) atoms. The summed E-state index contributed by atoms with van der Waals surface area (Å²) in [7, 11) is 0. The quantitative estimate of drug-likeness (QED) is 0.787. The molecule has 1 aromatic rings. The van der Waals surface area contributed by atoms with Gasteiger partial charge in [-0.05, 0) is 12.1 Å². The molecule has 0 aromatic carbocycles. The van der Waals surface area contributed by atoms with Crippen molar-refractivity contribution in [1.82, 2.24) is 4.98 Å². The zero-order chi connectivity index (χ0) is 11.3. The van der Waals surface area contributed by atoms with Crippen LogP contribution in [0.2, 0.25) is 0 Å². The number of amides is 1. The summed E-state index contributed by atoms with van der Waals surface area (Å²) in [5.41, 5.74) is 5.69. The predicted molar refractivity (Wildman–Crippen MR) is 51.5 cm³/mol. The van der Waals surface area contributed by atoms with Crippen molar-refractivity contribution < 1.29 is 13.6 Å². The highest BCUT2D eigenvalue weighted by Crippen LogP contribution is 2.06. The second kappa shape index (κ2) is 5.35. The highest BCUT2D eigenvalue weighted by atomic mass is 19.3. The van der Waals surface area contributed by atoms with Crippen molar-refractivity contribution in [2.75, 3.05) is 5.32 Å². The second-order valence-electron chi connectivity index (χ2n) is 2.96. The lowest BCUT2D eigenvalue weighted by Crippen LogP contribution is -2.37. The van der Waals surface area contributed by atoms with Crippen LogP contribution in [0.15, 0.2) is 24.5 Å². The van der Waals surface area contributed by atoms with Gasteiger partial charge in [-0.2, -0.15) is 0 Å². The van der Waals surface area contributed by atoms with Crippen LogP contribution in [0.1, 0.15) is 6.42 Å². The highest BCUT2D eigenvalue weighted by Gasteiger charge is 2.18. The van der Waals surface area contributed by atoms with Crippen LogP contribution < -0.4 is 11.1 Å². The molecule has 0 aliphatic heterocycles. The molecular formula is C9H11F2N3O. The van der Waals surface area contributed by atoms with Crippen molar-refractivity contribution in [1.29, 1.82) is 0 Å². The molecule has 0 aliphatic rings. The second-order valence-corrected chi connectivity index (χ2v) is 2.96. The van der Waals surface area contributed by atoms with E-state index in [4.69, 9.17) is 5.73 Å². The molecule has 0 bridgehead atoms. The number of aromatic nitrogens is 1. The zero-order valence-electron chi connectivity index (χ0n) is 7.86. The smallest absolute Gasteiger partial charge is 0.241 e. The Hall–Kier alpha value is -1.56. The summed E-state index contributed by atoms with van der Waals surface area (Å²) in [6, 6.07) is 2.01. The summed E-state index contributed by atoms with van der Waals surface area (Å²) in [6.07, 6.45) is -0.284. The molecule has 0 radical (unpaired) electrons. The van der Waals surface area contributed by atoms with Crippen LogP contribution in [-0.2, 0) is 4.79 Å². The van der Waals surface area contributed by atoms with E-state index in [0.717, 1.165) is 0 Å². The lowest BCUT2D eigenvalue weighted by Gasteiger charge is -2.10. The zero-order valence-corrected chi connectivity index (χ0v) is 7.86. The summed E-state index contributed by atoms with van der Waals surface area (Å²) in [6.45, 7) is 0. The molecule has 0 aliphatic carbocycles. The van der Waals surface area contributed by atoms with Crippen molar-refractivity contribution in [3.63, 3.8) is 0 Å². The van der Waals surface area contributed by atoms with Gasteiger partial charge in [-0.3, -0.25) is 9.78 Å². The van der Waals surface area contributed by atoms with Crippen molar-refractivity contribution in [2.45, 2.75) is 18.9 Å². The molecule has 1 aromatic heterocycles. The minimum absolute atomic E-state index is 0.437. The molecular weight excluding hydrogens is 204 g/mol. The van der Waals surface area contributed by atoms with E-state index < -0.39 is 24.8 Å². The number of pyridine rings is 1. The Bertz CT molecular complexity index is 318. The number of hydrogen-bond donors (Lipinski definition) is 2. The maximum absolute atomic E-state index is 11.9. The Morgan fingerprint density at radius 2 is 2.33 bits per heavy atom. The lowest BCUT2D eigenvalue weighted by atomic mass is 10.2. The number of rotatable bonds is 4. The number of carbonyl (C=O) groups is 1. The first-order valence-electron chi connectivity index (χ1n) is 4.34. The number of alkyl halides is 2. The number of anilines is 1. The summed E-state index contributed by atoms with van der Waals surface area (Å²) >= 11 is 0. The van der Waals surface area contributed by atoms with E-state index in [1.165, 1.54) is 12.4 Å². The molecule has 1 unspecified atom stereocenters. The van der Waals surface area contributed by atoms with Gasteiger partial charge in [-0.15, -0.1) is 0 Å². The summed E-state index contributed by atoms with van der Waals surface area (Å²) in [5, 5.41) is 2.39. The van der Waals surface area contributed by atoms with E-state index in [1.807, 2.05) is 0 Å². The molecule has 1 amide bonds. The van der Waals surface area contributed by atoms with Gasteiger partial charge in [0.05, 0.1) is 17.9 Å². The molecule has 0 spiro atoms. The molecule has 3 N–H and O–H groups in total. The van der Waals surface area contributed by atoms with E-state index in [1.54, 1.807) is 12.1 Å². The Balaban J connectivity index is 2.49. The van der Waals surface area contributed by atoms with Crippen molar-refractivity contribution in [2.24, 2.45) is 5.73 Å². The highest BCUT2D eigenvalue weighted by molar-refractivity contribution is 5.94. The van der Waals surface area contributed by atoms with Gasteiger partial charge in [-0.25, -0.2) is 8.78 Å². The molecule has 1 atom stereocenters. The summed E-state index contributed by atoms with van der Waals surface area (Å²) in [5.74, 6) is -0.636. The fourth-order valence-electron chi connectivity index (χ4n) is 0.971. The van der Waals surface area contributed by atoms with Gasteiger partial charge in [0.15, 0.2) is 0 Å². The van der Waals surface area contributed by atoms with E-state index in [9.17, 15) is 13.6 Å². The molecule has 0 saturated heterocycles. The van der Waals surface area contributed by atoms with E-state index >= 15 is 0 Å². The normalized spacial score (nSPS) is 12.5. The minimum Gasteiger partial charge on any atom is -0.323 e. The van der Waals surface area contributed by atoms with Crippen LogP contribution in [0.4, 0.5) is 14.5 Å². The van der Waals surface area contributed by atoms with Crippen LogP contribution in [0.25, 0.3) is 0 Å². The van der Waals surface area contributed by atoms with Crippen molar-refractivity contribution in [3.8, 4) is 0 Å². The third-order valence-electron chi connectivity index (χ3n) is 1.70. The third-order valence-corrected chi connectivity index (χ3v) is 1.70. The van der Waals surface area contributed by atoms with Gasteiger partial charge in [0.2, 0.25) is 12.3 Å². The van der Waals surface area contributed by atoms with E-state index in [-0.39, 0.29) is 0 Å². The summed E-state index contributed by atoms with van der Waals surface area (Å²) in [4.78, 5) is 15.0. The predicted octanol–water partition coefficient (Wildman–Crippen LogP) is 1.00. The number of halogens is 2. The number of nitrogens with two attached hydrogens (primary N) is 1. The topological polar surface area (TPSA) is 68.0 Å². The Morgan fingerprint density at radius 1 is 1.60 bits per heavy atom. The number of carbonyl (C=O) groups excluding carboxylic acids is 1. The monoisotopic (exact) mass is 215 g/mol. The van der Waals surface area contributed by atoms with Crippen LogP contribution >= 0.6 is 0 Å². The first-order chi connectivity index (χ1) is 7.09. The van der Waals surface area contributed by atoms with Crippen molar-refractivity contribution >= 4 is 11.6 Å². The molecule has 4 nitrogen and oxygen atoms in total. The van der Waals surface area contributed by atoms with Gasteiger partial charge in [0, 0.05) is 12.6 Å². The molecule has 1 heterocycles. The molecule has 82 valence electrons. The van der Waals surface area contributed by atoms with Crippen LogP contribution in [0.3, 0.4) is 0 Å². The van der Waals surface area contributed by atoms with Gasteiger partial charge in [-0.1, -0.05) is 0 Å². The lowest BCUT2D eigenvalue weighted by molar-refractivity contribution is -0.118. The van der Waals surface area contributed by atoms with E-state index in [0.29, 0.717) is 5.69 Å². The molecule has 1 rings (SSSR count). The van der Waals surface area contributed by atoms with Crippen LogP contribution in [0.5, 0.6) is 0 Å². The average molecular weight is 215 g/mol. The number of nitrogens with zero attached hydrogens (tertiary/aromatic N) is 1. The standard InChI is InChI=1S/C9H11F2N3O/c10-8(11)4-7(12)9(15)14-6-2-1-3-13-5-6/h1-3,5,7-8H,4,12H2,(H,14,15). The van der Waals surface area contributed by atoms with E-state index in [2.05, 4.69) is 10.3 Å². The van der Waals surface area contributed by atoms with Crippen molar-refractivity contribution in [3.05, 3.63) is 24.5 Å². The molecule has 0 saturated carbocycles. The Labute approximate surface area is 85.5 Å². The van der Waals surface area contributed by atoms with Gasteiger partial charge < -0.3 is 11.1 Å². The van der Waals surface area contributed by atoms with Crippen LogP contribution in [-0.4, -0.2) is 23.4 Å². The summed E-state index contributed by atoms with van der Waals surface area (Å²) < 4.78 is 23.8. The number of hydrogen-bond acceptors (Lipinski definition) is 3. The Kier molecular flexibility index (Phi) is 4.11. The average Bonchev–Trinajstić information content (AvgIpc) is 2.18.